The molecule has 1 atom stereocenters. The molecule has 2 rings (SSSR count). The van der Waals surface area contributed by atoms with Crippen LogP contribution < -0.4 is 5.32 Å². The molecule has 0 bridgehead atoms. The van der Waals surface area contributed by atoms with Crippen LogP contribution >= 0.6 is 11.6 Å². The Morgan fingerprint density at radius 1 is 1.32 bits per heavy atom. The molecule has 0 amide bonds. The van der Waals surface area contributed by atoms with Crippen LogP contribution in [0.25, 0.3) is 0 Å². The highest BCUT2D eigenvalue weighted by atomic mass is 35.5. The Balaban J connectivity index is 0.000000480. The van der Waals surface area contributed by atoms with Crippen molar-refractivity contribution < 1.29 is 23.1 Å². The molecule has 0 aliphatic rings. The topological polar surface area (TPSA) is 70.4 Å². The summed E-state index contributed by atoms with van der Waals surface area (Å²) in [6, 6.07) is 10.4. The largest absolute Gasteiger partial charge is 0.490 e. The predicted molar refractivity (Wildman–Crippen MR) is 101 cm³/mol. The van der Waals surface area contributed by atoms with E-state index in [2.05, 4.69) is 54.5 Å². The third-order valence-corrected chi connectivity index (χ3v) is 4.01. The predicted octanol–water partition coefficient (Wildman–Crippen LogP) is 3.41. The summed E-state index contributed by atoms with van der Waals surface area (Å²) in [5.74, 6) is -2.76. The van der Waals surface area contributed by atoms with Crippen LogP contribution in [0.1, 0.15) is 23.0 Å². The SMILES string of the molecule is Cc1cc(CNC(CN(C)C)c2ccc(Cl)cc2)nn1C.O=C(O)C(F)(F)F. The van der Waals surface area contributed by atoms with Gasteiger partial charge in [0, 0.05) is 36.9 Å². The second kappa shape index (κ2) is 10.4. The number of carboxylic acids is 1. The van der Waals surface area contributed by atoms with Crippen LogP contribution in [0, 0.1) is 6.92 Å². The van der Waals surface area contributed by atoms with E-state index in [9.17, 15) is 13.2 Å². The Morgan fingerprint density at radius 2 is 1.86 bits per heavy atom. The van der Waals surface area contributed by atoms with Crippen molar-refractivity contribution in [2.45, 2.75) is 25.7 Å². The van der Waals surface area contributed by atoms with Gasteiger partial charge >= 0.3 is 12.1 Å². The number of alkyl halides is 3. The van der Waals surface area contributed by atoms with Crippen molar-refractivity contribution in [2.75, 3.05) is 20.6 Å². The van der Waals surface area contributed by atoms with Crippen molar-refractivity contribution >= 4 is 17.6 Å². The lowest BCUT2D eigenvalue weighted by atomic mass is 10.1. The number of rotatable bonds is 6. The van der Waals surface area contributed by atoms with Gasteiger partial charge in [0.1, 0.15) is 0 Å². The third-order valence-electron chi connectivity index (χ3n) is 3.76. The molecule has 1 heterocycles. The normalized spacial score (nSPS) is 12.5. The van der Waals surface area contributed by atoms with Crippen molar-refractivity contribution in [3.63, 3.8) is 0 Å². The van der Waals surface area contributed by atoms with Crippen molar-refractivity contribution in [3.05, 3.63) is 52.3 Å². The van der Waals surface area contributed by atoms with Crippen LogP contribution in [-0.2, 0) is 18.4 Å². The number of carboxylic acid groups (broad SMARTS) is 1. The Hall–Kier alpha value is -2.10. The summed E-state index contributed by atoms with van der Waals surface area (Å²) in [5, 5.41) is 16.0. The quantitative estimate of drug-likeness (QED) is 0.749. The first kappa shape index (κ1) is 23.9. The lowest BCUT2D eigenvalue weighted by molar-refractivity contribution is -0.192. The van der Waals surface area contributed by atoms with Gasteiger partial charge in [-0.05, 0) is 44.8 Å². The van der Waals surface area contributed by atoms with Gasteiger partial charge in [0.05, 0.1) is 5.69 Å². The first-order chi connectivity index (χ1) is 12.9. The van der Waals surface area contributed by atoms with Crippen LogP contribution in [0.5, 0.6) is 0 Å². The van der Waals surface area contributed by atoms with Crippen molar-refractivity contribution in [2.24, 2.45) is 7.05 Å². The Bertz CT molecular complexity index is 742. The average Bonchev–Trinajstić information content (AvgIpc) is 2.90. The van der Waals surface area contributed by atoms with Crippen LogP contribution in [0.2, 0.25) is 5.02 Å². The standard InChI is InChI=1S/C16H23ClN4.C2HF3O2/c1-12-9-15(19-21(12)4)10-18-16(11-20(2)3)13-5-7-14(17)8-6-13;3-2(4,5)1(6)7/h5-9,16,18H,10-11H2,1-4H3;(H,6,7). The van der Waals surface area contributed by atoms with E-state index in [0.29, 0.717) is 0 Å². The number of aromatic nitrogens is 2. The van der Waals surface area contributed by atoms with Crippen molar-refractivity contribution in [3.8, 4) is 0 Å². The fraction of sp³-hybridized carbons (Fsp3) is 0.444. The van der Waals surface area contributed by atoms with Gasteiger partial charge in [-0.1, -0.05) is 23.7 Å². The number of likely N-dealkylation sites (N-methyl/N-ethyl adjacent to an activating group) is 1. The summed E-state index contributed by atoms with van der Waals surface area (Å²) in [7, 11) is 6.13. The van der Waals surface area contributed by atoms with Gasteiger partial charge in [0.2, 0.25) is 0 Å². The van der Waals surface area contributed by atoms with Crippen molar-refractivity contribution in [1.82, 2.24) is 20.0 Å². The number of carbonyl (C=O) groups is 1. The van der Waals surface area contributed by atoms with Gasteiger partial charge in [0.15, 0.2) is 0 Å². The minimum atomic E-state index is -5.08. The molecule has 1 aromatic carbocycles. The molecule has 2 N–H and O–H groups in total. The number of hydrogen-bond acceptors (Lipinski definition) is 4. The Morgan fingerprint density at radius 3 is 2.25 bits per heavy atom. The fourth-order valence-corrected chi connectivity index (χ4v) is 2.42. The lowest BCUT2D eigenvalue weighted by Gasteiger charge is -2.22. The van der Waals surface area contributed by atoms with E-state index in [4.69, 9.17) is 21.5 Å². The molecule has 2 aromatic rings. The Kier molecular flexibility index (Phi) is 8.93. The number of aliphatic carboxylic acids is 1. The fourth-order valence-electron chi connectivity index (χ4n) is 2.30. The number of nitrogens with one attached hydrogen (secondary N) is 1. The minimum absolute atomic E-state index is 0.250. The van der Waals surface area contributed by atoms with Crippen LogP contribution in [0.15, 0.2) is 30.3 Å². The van der Waals surface area contributed by atoms with E-state index in [1.165, 1.54) is 11.3 Å². The zero-order chi connectivity index (χ0) is 21.5. The smallest absolute Gasteiger partial charge is 0.475 e. The summed E-state index contributed by atoms with van der Waals surface area (Å²) < 4.78 is 33.6. The number of benzene rings is 1. The highest BCUT2D eigenvalue weighted by Gasteiger charge is 2.38. The molecule has 1 aromatic heterocycles. The molecular weight excluding hydrogens is 397 g/mol. The average molecular weight is 421 g/mol. The zero-order valence-electron chi connectivity index (χ0n) is 16.1. The van der Waals surface area contributed by atoms with Crippen LogP contribution in [0.3, 0.4) is 0 Å². The first-order valence-corrected chi connectivity index (χ1v) is 8.71. The summed E-state index contributed by atoms with van der Waals surface area (Å²) in [6.07, 6.45) is -5.08. The summed E-state index contributed by atoms with van der Waals surface area (Å²) >= 11 is 5.97. The van der Waals surface area contributed by atoms with Gasteiger partial charge in [-0.2, -0.15) is 18.3 Å². The molecule has 0 aliphatic heterocycles. The first-order valence-electron chi connectivity index (χ1n) is 8.33. The van der Waals surface area contributed by atoms with Gasteiger partial charge in [-0.15, -0.1) is 0 Å². The maximum absolute atomic E-state index is 10.6. The highest BCUT2D eigenvalue weighted by molar-refractivity contribution is 6.30. The maximum atomic E-state index is 10.6. The molecular formula is C18H24ClF3N4O2. The van der Waals surface area contributed by atoms with E-state index < -0.39 is 12.1 Å². The molecule has 0 fully saturated rings. The number of aryl methyl sites for hydroxylation is 2. The number of hydrogen-bond donors (Lipinski definition) is 2. The second-order valence-corrected chi connectivity index (χ2v) is 6.89. The van der Waals surface area contributed by atoms with E-state index in [-0.39, 0.29) is 6.04 Å². The van der Waals surface area contributed by atoms with E-state index in [1.54, 1.807) is 0 Å². The molecule has 1 unspecified atom stereocenters. The monoisotopic (exact) mass is 420 g/mol. The minimum Gasteiger partial charge on any atom is -0.475 e. The number of nitrogens with zero attached hydrogens (tertiary/aromatic N) is 3. The zero-order valence-corrected chi connectivity index (χ0v) is 16.8. The van der Waals surface area contributed by atoms with Gasteiger partial charge in [-0.25, -0.2) is 4.79 Å². The van der Waals surface area contributed by atoms with Crippen LogP contribution in [-0.4, -0.2) is 52.6 Å². The second-order valence-electron chi connectivity index (χ2n) is 6.45. The molecule has 10 heteroatoms. The molecule has 0 saturated heterocycles. The summed E-state index contributed by atoms with van der Waals surface area (Å²) in [6.45, 7) is 3.74. The molecule has 0 aliphatic carbocycles. The Labute approximate surface area is 166 Å². The number of halogens is 4. The van der Waals surface area contributed by atoms with Crippen LogP contribution in [0.4, 0.5) is 13.2 Å². The molecule has 0 saturated carbocycles. The van der Waals surface area contributed by atoms with E-state index >= 15 is 0 Å². The third kappa shape index (κ3) is 8.28. The van der Waals surface area contributed by atoms with E-state index in [1.807, 2.05) is 23.9 Å². The molecule has 28 heavy (non-hydrogen) atoms. The van der Waals surface area contributed by atoms with E-state index in [0.717, 1.165) is 23.8 Å². The molecule has 0 spiro atoms. The molecule has 6 nitrogen and oxygen atoms in total. The maximum Gasteiger partial charge on any atom is 0.490 e. The summed E-state index contributed by atoms with van der Waals surface area (Å²) in [4.78, 5) is 11.1. The summed E-state index contributed by atoms with van der Waals surface area (Å²) in [5.41, 5.74) is 3.47. The molecule has 156 valence electrons. The van der Waals surface area contributed by atoms with Crippen molar-refractivity contribution in [1.29, 1.82) is 0 Å². The molecule has 0 radical (unpaired) electrons. The van der Waals surface area contributed by atoms with Gasteiger partial charge in [-0.3, -0.25) is 4.68 Å². The van der Waals surface area contributed by atoms with Gasteiger partial charge in [0.25, 0.3) is 0 Å². The highest BCUT2D eigenvalue weighted by Crippen LogP contribution is 2.18. The lowest BCUT2D eigenvalue weighted by Crippen LogP contribution is -2.31. The van der Waals surface area contributed by atoms with Gasteiger partial charge < -0.3 is 15.3 Å².